The van der Waals surface area contributed by atoms with Gasteiger partial charge in [-0.05, 0) is 40.2 Å². The van der Waals surface area contributed by atoms with Crippen molar-refractivity contribution in [3.05, 3.63) is 32.3 Å². The molecule has 0 spiro atoms. The topological polar surface area (TPSA) is 152 Å². The molecule has 174 valence electrons. The molecule has 0 aliphatic rings. The SMILES string of the molecule is CCOC(=O)c1sc(NC(=O)C(C)n2cc([N+](=O)[O-])c(OC)n2)c(C(=O)OC(C)C)c1C. The summed E-state index contributed by atoms with van der Waals surface area (Å²) in [5.41, 5.74) is -0.0419. The van der Waals surface area contributed by atoms with Gasteiger partial charge in [-0.2, -0.15) is 0 Å². The van der Waals surface area contributed by atoms with Crippen LogP contribution in [-0.2, 0) is 14.3 Å². The first-order chi connectivity index (χ1) is 15.0. The highest BCUT2D eigenvalue weighted by molar-refractivity contribution is 7.18. The number of anilines is 1. The predicted molar refractivity (Wildman–Crippen MR) is 114 cm³/mol. The molecule has 2 rings (SSSR count). The summed E-state index contributed by atoms with van der Waals surface area (Å²) in [5, 5.41) is 17.7. The van der Waals surface area contributed by atoms with E-state index in [0.29, 0.717) is 5.56 Å². The maximum Gasteiger partial charge on any atom is 0.350 e. The molecule has 2 aromatic rings. The van der Waals surface area contributed by atoms with Crippen LogP contribution in [0.3, 0.4) is 0 Å². The second kappa shape index (κ2) is 10.2. The van der Waals surface area contributed by atoms with Gasteiger partial charge in [0.05, 0.1) is 30.3 Å². The van der Waals surface area contributed by atoms with E-state index >= 15 is 0 Å². The first-order valence-corrected chi connectivity index (χ1v) is 10.4. The Morgan fingerprint density at radius 3 is 2.44 bits per heavy atom. The summed E-state index contributed by atoms with van der Waals surface area (Å²) >= 11 is 0.878. The normalized spacial score (nSPS) is 11.7. The maximum atomic E-state index is 12.9. The molecule has 0 radical (unpaired) electrons. The third-order valence-corrected chi connectivity index (χ3v) is 5.42. The van der Waals surface area contributed by atoms with Crippen molar-refractivity contribution in [1.82, 2.24) is 9.78 Å². The molecule has 0 saturated heterocycles. The number of hydrogen-bond donors (Lipinski definition) is 1. The molecule has 0 saturated carbocycles. The minimum Gasteiger partial charge on any atom is -0.475 e. The Hall–Kier alpha value is -3.48. The first kappa shape index (κ1) is 24.8. The molecule has 0 fully saturated rings. The van der Waals surface area contributed by atoms with Gasteiger partial charge in [0, 0.05) is 0 Å². The molecule has 1 atom stereocenters. The molecule has 1 amide bonds. The lowest BCUT2D eigenvalue weighted by molar-refractivity contribution is -0.385. The van der Waals surface area contributed by atoms with E-state index in [1.54, 1.807) is 27.7 Å². The molecule has 0 aliphatic heterocycles. The number of nitrogens with one attached hydrogen (secondary N) is 1. The largest absolute Gasteiger partial charge is 0.475 e. The number of hydrogen-bond acceptors (Lipinski definition) is 10. The summed E-state index contributed by atoms with van der Waals surface area (Å²) < 4.78 is 16.2. The lowest BCUT2D eigenvalue weighted by Gasteiger charge is -2.13. The number of carbonyl (C=O) groups excluding carboxylic acids is 3. The average molecular weight is 468 g/mol. The molecule has 12 nitrogen and oxygen atoms in total. The Kier molecular flexibility index (Phi) is 7.92. The number of nitro groups is 1. The predicted octanol–water partition coefficient (Wildman–Crippen LogP) is 3.11. The van der Waals surface area contributed by atoms with Gasteiger partial charge in [0.2, 0.25) is 5.91 Å². The zero-order chi connectivity index (χ0) is 24.2. The number of carbonyl (C=O) groups is 3. The van der Waals surface area contributed by atoms with Gasteiger partial charge < -0.3 is 19.5 Å². The third kappa shape index (κ3) is 5.22. The van der Waals surface area contributed by atoms with Gasteiger partial charge in [-0.1, -0.05) is 0 Å². The first-order valence-electron chi connectivity index (χ1n) is 9.61. The third-order valence-electron chi connectivity index (χ3n) is 4.24. The van der Waals surface area contributed by atoms with Crippen molar-refractivity contribution in [2.45, 2.75) is 46.8 Å². The molecule has 1 unspecified atom stereocenters. The lowest BCUT2D eigenvalue weighted by atomic mass is 10.1. The van der Waals surface area contributed by atoms with E-state index in [1.165, 1.54) is 14.0 Å². The Morgan fingerprint density at radius 1 is 1.28 bits per heavy atom. The van der Waals surface area contributed by atoms with Gasteiger partial charge in [0.1, 0.15) is 22.1 Å². The van der Waals surface area contributed by atoms with Gasteiger partial charge in [-0.3, -0.25) is 14.9 Å². The highest BCUT2D eigenvalue weighted by atomic mass is 32.1. The van der Waals surface area contributed by atoms with E-state index < -0.39 is 40.6 Å². The number of amides is 1. The van der Waals surface area contributed by atoms with E-state index in [0.717, 1.165) is 22.2 Å². The fourth-order valence-corrected chi connectivity index (χ4v) is 3.77. The molecular formula is C19H24N4O8S. The monoisotopic (exact) mass is 468 g/mol. The second-order valence-electron chi connectivity index (χ2n) is 6.86. The van der Waals surface area contributed by atoms with Crippen LogP contribution in [0.5, 0.6) is 5.88 Å². The molecule has 0 bridgehead atoms. The Morgan fingerprint density at radius 2 is 1.94 bits per heavy atom. The van der Waals surface area contributed by atoms with Crippen LogP contribution in [0.15, 0.2) is 6.20 Å². The molecule has 32 heavy (non-hydrogen) atoms. The zero-order valence-electron chi connectivity index (χ0n) is 18.5. The van der Waals surface area contributed by atoms with E-state index in [2.05, 4.69) is 10.4 Å². The Labute approximate surface area is 187 Å². The Balaban J connectivity index is 2.40. The molecule has 13 heteroatoms. The van der Waals surface area contributed by atoms with Crippen molar-refractivity contribution in [2.24, 2.45) is 0 Å². The van der Waals surface area contributed by atoms with Crippen LogP contribution in [0.25, 0.3) is 0 Å². The minimum atomic E-state index is -1.000. The minimum absolute atomic E-state index is 0.0383. The summed E-state index contributed by atoms with van der Waals surface area (Å²) in [6.07, 6.45) is 0.646. The van der Waals surface area contributed by atoms with Gasteiger partial charge in [-0.25, -0.2) is 14.3 Å². The maximum absolute atomic E-state index is 12.9. The van der Waals surface area contributed by atoms with Crippen molar-refractivity contribution >= 4 is 39.9 Å². The van der Waals surface area contributed by atoms with Crippen LogP contribution in [0.4, 0.5) is 10.7 Å². The molecule has 2 heterocycles. The number of methoxy groups -OCH3 is 1. The summed E-state index contributed by atoms with van der Waals surface area (Å²) in [5.74, 6) is -2.20. The molecular weight excluding hydrogens is 444 g/mol. The zero-order valence-corrected chi connectivity index (χ0v) is 19.3. The Bertz CT molecular complexity index is 1040. The van der Waals surface area contributed by atoms with E-state index in [4.69, 9.17) is 14.2 Å². The fraction of sp³-hybridized carbons (Fsp3) is 0.474. The van der Waals surface area contributed by atoms with Crippen LogP contribution in [0, 0.1) is 17.0 Å². The standard InChI is InChI=1S/C19H24N4O8S/c1-7-30-19(26)14-10(4)13(18(25)31-9(2)3)17(32-14)20-15(24)11(5)22-8-12(23(27)28)16(21-22)29-6/h8-9,11H,7H2,1-6H3,(H,20,24). The number of nitrogens with zero attached hydrogens (tertiary/aromatic N) is 3. The molecule has 1 N–H and O–H groups in total. The number of rotatable bonds is 9. The lowest BCUT2D eigenvalue weighted by Crippen LogP contribution is -2.25. The average Bonchev–Trinajstić information content (AvgIpc) is 3.28. The number of ether oxygens (including phenoxy) is 3. The number of aromatic nitrogens is 2. The van der Waals surface area contributed by atoms with Crippen molar-refractivity contribution in [3.63, 3.8) is 0 Å². The summed E-state index contributed by atoms with van der Waals surface area (Å²) in [4.78, 5) is 48.4. The van der Waals surface area contributed by atoms with Crippen LogP contribution < -0.4 is 10.1 Å². The van der Waals surface area contributed by atoms with Crippen molar-refractivity contribution in [1.29, 1.82) is 0 Å². The highest BCUT2D eigenvalue weighted by Gasteiger charge is 2.30. The van der Waals surface area contributed by atoms with Crippen molar-refractivity contribution < 1.29 is 33.5 Å². The van der Waals surface area contributed by atoms with Gasteiger partial charge in [0.25, 0.3) is 0 Å². The van der Waals surface area contributed by atoms with Gasteiger partial charge in [-0.15, -0.1) is 16.4 Å². The fourth-order valence-electron chi connectivity index (χ4n) is 2.68. The van der Waals surface area contributed by atoms with Crippen LogP contribution >= 0.6 is 11.3 Å². The van der Waals surface area contributed by atoms with Crippen LogP contribution in [0.1, 0.15) is 59.3 Å². The van der Waals surface area contributed by atoms with Crippen molar-refractivity contribution in [3.8, 4) is 5.88 Å². The van der Waals surface area contributed by atoms with E-state index in [-0.39, 0.29) is 27.9 Å². The summed E-state index contributed by atoms with van der Waals surface area (Å²) in [7, 11) is 1.22. The van der Waals surface area contributed by atoms with E-state index in [1.807, 2.05) is 0 Å². The molecule has 0 aliphatic carbocycles. The summed E-state index contributed by atoms with van der Waals surface area (Å²) in [6.45, 7) is 8.15. The number of thiophene rings is 1. The van der Waals surface area contributed by atoms with E-state index in [9.17, 15) is 24.5 Å². The smallest absolute Gasteiger partial charge is 0.350 e. The van der Waals surface area contributed by atoms with Crippen LogP contribution in [-0.4, -0.2) is 52.4 Å². The van der Waals surface area contributed by atoms with Gasteiger partial charge in [0.15, 0.2) is 0 Å². The number of esters is 2. The second-order valence-corrected chi connectivity index (χ2v) is 7.88. The molecule has 0 aromatic carbocycles. The van der Waals surface area contributed by atoms with Gasteiger partial charge >= 0.3 is 23.5 Å². The van der Waals surface area contributed by atoms with Crippen LogP contribution in [0.2, 0.25) is 0 Å². The quantitative estimate of drug-likeness (QED) is 0.332. The summed E-state index contributed by atoms with van der Waals surface area (Å²) in [6, 6.07) is -1.000. The highest BCUT2D eigenvalue weighted by Crippen LogP contribution is 2.35. The van der Waals surface area contributed by atoms with Crippen molar-refractivity contribution in [2.75, 3.05) is 19.0 Å². The molecule has 2 aromatic heterocycles.